The summed E-state index contributed by atoms with van der Waals surface area (Å²) >= 11 is 1.57. The molecule has 0 amide bonds. The lowest BCUT2D eigenvalue weighted by Crippen LogP contribution is -1.99. The smallest absolute Gasteiger partial charge is 0.202 e. The molecule has 0 bridgehead atoms. The van der Waals surface area contributed by atoms with Crippen molar-refractivity contribution in [1.29, 1.82) is 0 Å². The molecule has 0 saturated heterocycles. The van der Waals surface area contributed by atoms with Gasteiger partial charge < -0.3 is 0 Å². The van der Waals surface area contributed by atoms with Crippen molar-refractivity contribution in [2.45, 2.75) is 26.2 Å². The largest absolute Gasteiger partial charge is 0.288 e. The molecule has 0 spiro atoms. The summed E-state index contributed by atoms with van der Waals surface area (Å²) in [6, 6.07) is 18.2. The van der Waals surface area contributed by atoms with Gasteiger partial charge in [0.15, 0.2) is 0 Å². The third-order valence-corrected chi connectivity index (χ3v) is 5.12. The maximum atomic E-state index is 12.6. The first kappa shape index (κ1) is 14.0. The van der Waals surface area contributed by atoms with Gasteiger partial charge in [0.05, 0.1) is 4.88 Å². The van der Waals surface area contributed by atoms with Gasteiger partial charge in [-0.2, -0.15) is 0 Å². The molecule has 1 unspecified atom stereocenters. The molecule has 106 valence electrons. The van der Waals surface area contributed by atoms with E-state index in [1.54, 1.807) is 11.3 Å². The Morgan fingerprint density at radius 1 is 1.10 bits per heavy atom. The molecule has 3 aromatic rings. The Bertz CT molecular complexity index is 735. The zero-order valence-corrected chi connectivity index (χ0v) is 13.1. The van der Waals surface area contributed by atoms with Crippen LogP contribution in [0.15, 0.2) is 54.6 Å². The van der Waals surface area contributed by atoms with Crippen LogP contribution in [0.2, 0.25) is 0 Å². The summed E-state index contributed by atoms with van der Waals surface area (Å²) in [7, 11) is 0. The molecule has 0 radical (unpaired) electrons. The summed E-state index contributed by atoms with van der Waals surface area (Å²) in [5.74, 6) is 0.658. The van der Waals surface area contributed by atoms with Crippen molar-refractivity contribution in [3.05, 3.63) is 70.6 Å². The summed E-state index contributed by atoms with van der Waals surface area (Å²) in [5, 5.41) is 1.14. The average molecular weight is 294 g/mol. The molecule has 0 N–H and O–H groups in total. The Labute approximate surface area is 129 Å². The van der Waals surface area contributed by atoms with E-state index in [4.69, 9.17) is 0 Å². The first-order valence-electron chi connectivity index (χ1n) is 7.32. The molecule has 1 atom stereocenters. The lowest BCUT2D eigenvalue weighted by Gasteiger charge is -2.09. The number of hydrogen-bond acceptors (Lipinski definition) is 2. The molecule has 2 heteroatoms. The molecule has 3 rings (SSSR count). The highest BCUT2D eigenvalue weighted by molar-refractivity contribution is 7.21. The van der Waals surface area contributed by atoms with Crippen molar-refractivity contribution in [2.24, 2.45) is 0 Å². The van der Waals surface area contributed by atoms with Crippen molar-refractivity contribution in [3.63, 3.8) is 0 Å². The van der Waals surface area contributed by atoms with Crippen molar-refractivity contribution in [1.82, 2.24) is 0 Å². The minimum atomic E-state index is 0.118. The van der Waals surface area contributed by atoms with Gasteiger partial charge >= 0.3 is 0 Å². The predicted octanol–water partition coefficient (Wildman–Crippen LogP) is 5.65. The second-order valence-corrected chi connectivity index (χ2v) is 6.49. The normalized spacial score (nSPS) is 12.5. The fourth-order valence-electron chi connectivity index (χ4n) is 2.43. The Balaban J connectivity index is 1.90. The number of thiophene rings is 1. The standard InChI is InChI=1S/C19H18OS/c1-3-13(2)14-8-10-15(11-9-14)19(20)18-12-16-6-4-5-7-17(16)21-18/h4-13H,3H2,1-2H3. The predicted molar refractivity (Wildman–Crippen MR) is 90.4 cm³/mol. The van der Waals surface area contributed by atoms with Crippen LogP contribution in [0.25, 0.3) is 10.1 Å². The van der Waals surface area contributed by atoms with Gasteiger partial charge in [0, 0.05) is 10.3 Å². The van der Waals surface area contributed by atoms with Gasteiger partial charge in [0.25, 0.3) is 0 Å². The van der Waals surface area contributed by atoms with Crippen LogP contribution in [-0.4, -0.2) is 5.78 Å². The number of fused-ring (bicyclic) bond motifs is 1. The minimum absolute atomic E-state index is 0.118. The molecule has 0 aliphatic carbocycles. The van der Waals surface area contributed by atoms with E-state index in [0.29, 0.717) is 5.92 Å². The van der Waals surface area contributed by atoms with E-state index in [2.05, 4.69) is 38.1 Å². The Morgan fingerprint density at radius 2 is 1.81 bits per heavy atom. The van der Waals surface area contributed by atoms with Crippen molar-refractivity contribution in [2.75, 3.05) is 0 Å². The quantitative estimate of drug-likeness (QED) is 0.569. The monoisotopic (exact) mass is 294 g/mol. The summed E-state index contributed by atoms with van der Waals surface area (Å²) < 4.78 is 1.16. The topological polar surface area (TPSA) is 17.1 Å². The molecular formula is C19H18OS. The van der Waals surface area contributed by atoms with Crippen LogP contribution < -0.4 is 0 Å². The van der Waals surface area contributed by atoms with E-state index < -0.39 is 0 Å². The highest BCUT2D eigenvalue weighted by Crippen LogP contribution is 2.27. The molecule has 0 aliphatic rings. The fraction of sp³-hybridized carbons (Fsp3) is 0.211. The molecule has 2 aromatic carbocycles. The van der Waals surface area contributed by atoms with Crippen LogP contribution in [0.4, 0.5) is 0 Å². The van der Waals surface area contributed by atoms with Gasteiger partial charge in [-0.05, 0) is 35.4 Å². The number of hydrogen-bond donors (Lipinski definition) is 0. The lowest BCUT2D eigenvalue weighted by molar-refractivity contribution is 0.104. The maximum Gasteiger partial charge on any atom is 0.202 e. The maximum absolute atomic E-state index is 12.6. The second kappa shape index (κ2) is 5.82. The zero-order valence-electron chi connectivity index (χ0n) is 12.3. The van der Waals surface area contributed by atoms with Crippen LogP contribution >= 0.6 is 11.3 Å². The van der Waals surface area contributed by atoms with E-state index in [0.717, 1.165) is 26.9 Å². The second-order valence-electron chi connectivity index (χ2n) is 5.41. The van der Waals surface area contributed by atoms with Crippen molar-refractivity contribution >= 4 is 27.2 Å². The fourth-order valence-corrected chi connectivity index (χ4v) is 3.46. The molecule has 1 aromatic heterocycles. The molecule has 21 heavy (non-hydrogen) atoms. The number of carbonyl (C=O) groups is 1. The van der Waals surface area contributed by atoms with Crippen LogP contribution in [0.3, 0.4) is 0 Å². The van der Waals surface area contributed by atoms with Gasteiger partial charge in [-0.25, -0.2) is 0 Å². The first-order valence-corrected chi connectivity index (χ1v) is 8.14. The summed E-state index contributed by atoms with van der Waals surface area (Å²) in [6.45, 7) is 4.39. The number of benzene rings is 2. The Kier molecular flexibility index (Phi) is 3.89. The molecule has 1 heterocycles. The van der Waals surface area contributed by atoms with Crippen LogP contribution in [-0.2, 0) is 0 Å². The van der Waals surface area contributed by atoms with Crippen LogP contribution in [0.5, 0.6) is 0 Å². The minimum Gasteiger partial charge on any atom is -0.288 e. The molecule has 0 saturated carbocycles. The van der Waals surface area contributed by atoms with E-state index >= 15 is 0 Å². The molecule has 0 aliphatic heterocycles. The van der Waals surface area contributed by atoms with Crippen molar-refractivity contribution in [3.8, 4) is 0 Å². The summed E-state index contributed by atoms with van der Waals surface area (Å²) in [6.07, 6.45) is 1.11. The molecule has 0 fully saturated rings. The van der Waals surface area contributed by atoms with E-state index in [-0.39, 0.29) is 5.78 Å². The molecule has 1 nitrogen and oxygen atoms in total. The van der Waals surface area contributed by atoms with E-state index in [1.165, 1.54) is 5.56 Å². The Morgan fingerprint density at radius 3 is 2.48 bits per heavy atom. The lowest BCUT2D eigenvalue weighted by atomic mass is 9.96. The highest BCUT2D eigenvalue weighted by Gasteiger charge is 2.13. The highest BCUT2D eigenvalue weighted by atomic mass is 32.1. The Hall–Kier alpha value is -1.93. The van der Waals surface area contributed by atoms with Crippen LogP contribution in [0, 0.1) is 0 Å². The number of ketones is 1. The third-order valence-electron chi connectivity index (χ3n) is 4.00. The zero-order chi connectivity index (χ0) is 14.8. The number of rotatable bonds is 4. The van der Waals surface area contributed by atoms with Gasteiger partial charge in [-0.15, -0.1) is 11.3 Å². The van der Waals surface area contributed by atoms with Gasteiger partial charge in [0.1, 0.15) is 0 Å². The van der Waals surface area contributed by atoms with Crippen molar-refractivity contribution < 1.29 is 4.79 Å². The first-order chi connectivity index (χ1) is 10.2. The average Bonchev–Trinajstić information content (AvgIpc) is 2.97. The molecular weight excluding hydrogens is 276 g/mol. The van der Waals surface area contributed by atoms with Crippen LogP contribution in [0.1, 0.15) is 47.0 Å². The summed E-state index contributed by atoms with van der Waals surface area (Å²) in [5.41, 5.74) is 2.07. The van der Waals surface area contributed by atoms with E-state index in [1.807, 2.05) is 30.3 Å². The van der Waals surface area contributed by atoms with Gasteiger partial charge in [-0.3, -0.25) is 4.79 Å². The summed E-state index contributed by atoms with van der Waals surface area (Å²) in [4.78, 5) is 13.4. The van der Waals surface area contributed by atoms with Gasteiger partial charge in [0.2, 0.25) is 5.78 Å². The SMILES string of the molecule is CCC(C)c1ccc(C(=O)c2cc3ccccc3s2)cc1. The number of carbonyl (C=O) groups excluding carboxylic acids is 1. The third kappa shape index (κ3) is 2.77. The van der Waals surface area contributed by atoms with E-state index in [9.17, 15) is 4.79 Å². The van der Waals surface area contributed by atoms with Gasteiger partial charge in [-0.1, -0.05) is 56.3 Å².